The van der Waals surface area contributed by atoms with Gasteiger partial charge in [-0.15, -0.1) is 0 Å². The summed E-state index contributed by atoms with van der Waals surface area (Å²) < 4.78 is 5.20. The molecule has 0 spiro atoms. The van der Waals surface area contributed by atoms with Gasteiger partial charge in [0.2, 0.25) is 0 Å². The fourth-order valence-electron chi connectivity index (χ4n) is 1.34. The molecule has 0 aliphatic heterocycles. The lowest BCUT2D eigenvalue weighted by atomic mass is 10.1. The summed E-state index contributed by atoms with van der Waals surface area (Å²) in [7, 11) is 0. The summed E-state index contributed by atoms with van der Waals surface area (Å²) in [5.41, 5.74) is 0.974. The van der Waals surface area contributed by atoms with Crippen LogP contribution in [0, 0.1) is 24.0 Å². The molecule has 92 valence electrons. The third kappa shape index (κ3) is 2.93. The van der Waals surface area contributed by atoms with E-state index in [1.54, 1.807) is 13.8 Å². The number of carbonyl (C=O) groups is 1. The number of ether oxygens (including phenoxy) is 1. The first-order valence-electron chi connectivity index (χ1n) is 4.98. The van der Waals surface area contributed by atoms with Crippen molar-refractivity contribution >= 4 is 11.7 Å². The molecule has 0 heterocycles. The maximum Gasteiger partial charge on any atom is 0.344 e. The number of nitro benzene ring substituents is 1. The van der Waals surface area contributed by atoms with Gasteiger partial charge >= 0.3 is 5.97 Å². The van der Waals surface area contributed by atoms with Crippen LogP contribution in [0.5, 0.6) is 5.75 Å². The van der Waals surface area contributed by atoms with Gasteiger partial charge in [-0.2, -0.15) is 0 Å². The van der Waals surface area contributed by atoms with E-state index in [9.17, 15) is 14.9 Å². The highest BCUT2D eigenvalue weighted by atomic mass is 16.6. The zero-order valence-corrected chi connectivity index (χ0v) is 9.76. The molecule has 0 saturated carbocycles. The van der Waals surface area contributed by atoms with E-state index in [0.29, 0.717) is 16.9 Å². The Morgan fingerprint density at radius 2 is 2.00 bits per heavy atom. The van der Waals surface area contributed by atoms with Crippen molar-refractivity contribution in [3.05, 3.63) is 33.4 Å². The maximum atomic E-state index is 10.7. The second-order valence-electron chi connectivity index (χ2n) is 3.76. The van der Waals surface area contributed by atoms with Gasteiger partial charge in [-0.25, -0.2) is 4.79 Å². The second-order valence-corrected chi connectivity index (χ2v) is 3.76. The van der Waals surface area contributed by atoms with E-state index in [1.165, 1.54) is 19.1 Å². The van der Waals surface area contributed by atoms with Gasteiger partial charge in [-0.3, -0.25) is 10.1 Å². The predicted molar refractivity (Wildman–Crippen MR) is 60.3 cm³/mol. The summed E-state index contributed by atoms with van der Waals surface area (Å²) in [6.07, 6.45) is -0.991. The number of hydrogen-bond acceptors (Lipinski definition) is 4. The summed E-state index contributed by atoms with van der Waals surface area (Å²) >= 11 is 0. The molecular formula is C11H13NO5. The third-order valence-corrected chi connectivity index (χ3v) is 2.34. The third-order valence-electron chi connectivity index (χ3n) is 2.34. The zero-order valence-electron chi connectivity index (χ0n) is 9.76. The molecule has 17 heavy (non-hydrogen) atoms. The number of hydrogen-bond donors (Lipinski definition) is 1. The minimum absolute atomic E-state index is 0.00201. The van der Waals surface area contributed by atoms with Crippen molar-refractivity contribution < 1.29 is 19.6 Å². The molecule has 0 radical (unpaired) electrons. The Labute approximate surface area is 98.0 Å². The Morgan fingerprint density at radius 1 is 1.41 bits per heavy atom. The smallest absolute Gasteiger partial charge is 0.344 e. The molecule has 0 aliphatic rings. The number of aliphatic carboxylic acids is 1. The summed E-state index contributed by atoms with van der Waals surface area (Å²) in [6, 6.07) is 2.85. The summed E-state index contributed by atoms with van der Waals surface area (Å²) in [4.78, 5) is 20.8. The van der Waals surface area contributed by atoms with Gasteiger partial charge in [0.1, 0.15) is 5.75 Å². The first-order valence-corrected chi connectivity index (χ1v) is 4.98. The number of benzene rings is 1. The highest BCUT2D eigenvalue weighted by Gasteiger charge is 2.18. The highest BCUT2D eigenvalue weighted by molar-refractivity contribution is 5.72. The molecular weight excluding hydrogens is 226 g/mol. The van der Waals surface area contributed by atoms with Crippen molar-refractivity contribution in [2.75, 3.05) is 0 Å². The van der Waals surface area contributed by atoms with Crippen molar-refractivity contribution in [3.63, 3.8) is 0 Å². The standard InChI is InChI=1S/C11H13NO5/c1-6-5-10(17-8(3)11(13)14)7(2)4-9(6)12(15)16/h4-5,8H,1-3H3,(H,13,14)/t8-/m1/s1. The summed E-state index contributed by atoms with van der Waals surface area (Å²) in [6.45, 7) is 4.62. The largest absolute Gasteiger partial charge is 0.479 e. The Morgan fingerprint density at radius 3 is 2.47 bits per heavy atom. The predicted octanol–water partition coefficient (Wildman–Crippen LogP) is 2.06. The average Bonchev–Trinajstić information content (AvgIpc) is 2.22. The van der Waals surface area contributed by atoms with Crippen molar-refractivity contribution in [3.8, 4) is 5.75 Å². The molecule has 0 aromatic heterocycles. The van der Waals surface area contributed by atoms with Crippen molar-refractivity contribution in [1.29, 1.82) is 0 Å². The van der Waals surface area contributed by atoms with E-state index in [0.717, 1.165) is 0 Å². The number of nitro groups is 1. The number of carboxylic acids is 1. The van der Waals surface area contributed by atoms with Crippen LogP contribution in [0.15, 0.2) is 12.1 Å². The Balaban J connectivity index is 3.08. The minimum Gasteiger partial charge on any atom is -0.479 e. The maximum absolute atomic E-state index is 10.7. The van der Waals surface area contributed by atoms with E-state index in [-0.39, 0.29) is 5.69 Å². The van der Waals surface area contributed by atoms with E-state index < -0.39 is 17.0 Å². The fourth-order valence-corrected chi connectivity index (χ4v) is 1.34. The normalized spacial score (nSPS) is 11.9. The van der Waals surface area contributed by atoms with Gasteiger partial charge in [0.15, 0.2) is 6.10 Å². The molecule has 6 nitrogen and oxygen atoms in total. The van der Waals surface area contributed by atoms with Crippen LogP contribution in [0.4, 0.5) is 5.69 Å². The number of aryl methyl sites for hydroxylation is 2. The van der Waals surface area contributed by atoms with Crippen LogP contribution in [-0.4, -0.2) is 22.1 Å². The molecule has 1 N–H and O–H groups in total. The topological polar surface area (TPSA) is 89.7 Å². The average molecular weight is 239 g/mol. The molecule has 0 unspecified atom stereocenters. The minimum atomic E-state index is -1.08. The molecule has 0 aliphatic carbocycles. The Kier molecular flexibility index (Phi) is 3.67. The molecule has 1 rings (SSSR count). The van der Waals surface area contributed by atoms with Gasteiger partial charge in [-0.05, 0) is 32.4 Å². The molecule has 1 aromatic rings. The highest BCUT2D eigenvalue weighted by Crippen LogP contribution is 2.28. The number of nitrogens with zero attached hydrogens (tertiary/aromatic N) is 1. The fraction of sp³-hybridized carbons (Fsp3) is 0.364. The lowest BCUT2D eigenvalue weighted by Crippen LogP contribution is -2.23. The summed E-state index contributed by atoms with van der Waals surface area (Å²) in [5.74, 6) is -0.733. The molecule has 0 amide bonds. The van der Waals surface area contributed by atoms with Gasteiger partial charge < -0.3 is 9.84 Å². The zero-order chi connectivity index (χ0) is 13.2. The van der Waals surface area contributed by atoms with Crippen LogP contribution in [-0.2, 0) is 4.79 Å². The Hall–Kier alpha value is -2.11. The monoisotopic (exact) mass is 239 g/mol. The van der Waals surface area contributed by atoms with Gasteiger partial charge in [0.05, 0.1) is 4.92 Å². The van der Waals surface area contributed by atoms with Gasteiger partial charge in [-0.1, -0.05) is 0 Å². The van der Waals surface area contributed by atoms with Gasteiger partial charge in [0, 0.05) is 11.6 Å². The van der Waals surface area contributed by atoms with Crippen LogP contribution in [0.1, 0.15) is 18.1 Å². The van der Waals surface area contributed by atoms with Crippen LogP contribution < -0.4 is 4.74 Å². The molecule has 0 bridgehead atoms. The first-order chi connectivity index (χ1) is 7.82. The molecule has 1 aromatic carbocycles. The van der Waals surface area contributed by atoms with E-state index >= 15 is 0 Å². The lowest BCUT2D eigenvalue weighted by Gasteiger charge is -2.13. The molecule has 0 saturated heterocycles. The second kappa shape index (κ2) is 4.82. The lowest BCUT2D eigenvalue weighted by molar-refractivity contribution is -0.385. The summed E-state index contributed by atoms with van der Waals surface area (Å²) in [5, 5.41) is 19.4. The SMILES string of the molecule is Cc1cc([N+](=O)[O-])c(C)cc1O[C@H](C)C(=O)O. The van der Waals surface area contributed by atoms with Crippen molar-refractivity contribution in [1.82, 2.24) is 0 Å². The Bertz CT molecular complexity index is 469. The molecule has 0 fully saturated rings. The van der Waals surface area contributed by atoms with Gasteiger partial charge in [0.25, 0.3) is 5.69 Å². The van der Waals surface area contributed by atoms with Crippen LogP contribution in [0.2, 0.25) is 0 Å². The van der Waals surface area contributed by atoms with Crippen molar-refractivity contribution in [2.45, 2.75) is 26.9 Å². The quantitative estimate of drug-likeness (QED) is 0.641. The van der Waals surface area contributed by atoms with Crippen LogP contribution in [0.25, 0.3) is 0 Å². The van der Waals surface area contributed by atoms with E-state index in [2.05, 4.69) is 0 Å². The number of rotatable bonds is 4. The first kappa shape index (κ1) is 13.0. The van der Waals surface area contributed by atoms with Crippen LogP contribution in [0.3, 0.4) is 0 Å². The van der Waals surface area contributed by atoms with Crippen molar-refractivity contribution in [2.24, 2.45) is 0 Å². The van der Waals surface area contributed by atoms with E-state index in [4.69, 9.17) is 9.84 Å². The number of carboxylic acid groups (broad SMARTS) is 1. The van der Waals surface area contributed by atoms with Crippen LogP contribution >= 0.6 is 0 Å². The molecule has 6 heteroatoms. The van der Waals surface area contributed by atoms with E-state index in [1.807, 2.05) is 0 Å². The molecule has 1 atom stereocenters.